The number of benzene rings is 2. The first-order chi connectivity index (χ1) is 13.1. The molecular formula is C19H18FN5OS. The van der Waals surface area contributed by atoms with E-state index in [9.17, 15) is 4.39 Å². The number of anilines is 2. The van der Waals surface area contributed by atoms with Crippen molar-refractivity contribution < 1.29 is 9.13 Å². The van der Waals surface area contributed by atoms with Crippen LogP contribution in [0.5, 0.6) is 5.75 Å². The summed E-state index contributed by atoms with van der Waals surface area (Å²) < 4.78 is 26.9. The highest BCUT2D eigenvalue weighted by atomic mass is 32.2. The van der Waals surface area contributed by atoms with E-state index in [1.54, 1.807) is 6.07 Å². The highest BCUT2D eigenvalue weighted by Crippen LogP contribution is 2.29. The van der Waals surface area contributed by atoms with E-state index in [0.29, 0.717) is 23.1 Å². The van der Waals surface area contributed by atoms with Gasteiger partial charge in [0.1, 0.15) is 17.9 Å². The van der Waals surface area contributed by atoms with Crippen LogP contribution in [-0.2, 0) is 17.1 Å². The van der Waals surface area contributed by atoms with Crippen LogP contribution in [0.25, 0.3) is 11.4 Å². The minimum Gasteiger partial charge on any atom is -0.496 e. The Morgan fingerprint density at radius 2 is 2.07 bits per heavy atom. The van der Waals surface area contributed by atoms with Gasteiger partial charge < -0.3 is 10.1 Å². The van der Waals surface area contributed by atoms with Crippen molar-refractivity contribution in [3.63, 3.8) is 0 Å². The number of aryl methyl sites for hydroxylation is 1. The molecule has 1 aliphatic heterocycles. The second-order valence-corrected chi connectivity index (χ2v) is 7.75. The predicted octanol–water partition coefficient (Wildman–Crippen LogP) is 4.12. The summed E-state index contributed by atoms with van der Waals surface area (Å²) in [5.41, 5.74) is 2.67. The van der Waals surface area contributed by atoms with Crippen molar-refractivity contribution in [1.29, 1.82) is 4.78 Å². The Balaban J connectivity index is 1.64. The van der Waals surface area contributed by atoms with Crippen molar-refractivity contribution in [2.24, 2.45) is 0 Å². The highest BCUT2D eigenvalue weighted by Gasteiger charge is 2.15. The molecule has 0 bridgehead atoms. The average Bonchev–Trinajstić information content (AvgIpc) is 2.69. The van der Waals surface area contributed by atoms with E-state index in [2.05, 4.69) is 26.3 Å². The maximum Gasteiger partial charge on any atom is 0.230 e. The number of nitrogens with zero attached hydrogens (tertiary/aromatic N) is 3. The second-order valence-electron chi connectivity index (χ2n) is 6.12. The topological polar surface area (TPSA) is 83.8 Å². The number of hydrogen-bond acceptors (Lipinski definition) is 6. The van der Waals surface area contributed by atoms with Crippen molar-refractivity contribution in [2.75, 3.05) is 18.2 Å². The molecule has 0 spiro atoms. The summed E-state index contributed by atoms with van der Waals surface area (Å²) in [5, 5.41) is 3.18. The molecule has 138 valence electrons. The number of fused-ring (bicyclic) bond motifs is 1. The van der Waals surface area contributed by atoms with Gasteiger partial charge >= 0.3 is 0 Å². The van der Waals surface area contributed by atoms with Gasteiger partial charge in [0.15, 0.2) is 5.82 Å². The summed E-state index contributed by atoms with van der Waals surface area (Å²) >= 11 is 0. The molecule has 6 nitrogen and oxygen atoms in total. The fraction of sp³-hybridized carbons (Fsp3) is 0.211. The molecule has 2 heterocycles. The highest BCUT2D eigenvalue weighted by molar-refractivity contribution is 7.86. The first-order valence-electron chi connectivity index (χ1n) is 8.49. The molecule has 2 aromatic carbocycles. The molecule has 0 aliphatic carbocycles. The Kier molecular flexibility index (Phi) is 4.81. The van der Waals surface area contributed by atoms with Crippen LogP contribution in [0.1, 0.15) is 12.0 Å². The summed E-state index contributed by atoms with van der Waals surface area (Å²) in [6.07, 6.45) is 3.50. The monoisotopic (exact) mass is 383 g/mol. The fourth-order valence-electron chi connectivity index (χ4n) is 3.05. The first-order valence-corrected chi connectivity index (χ1v) is 9.88. The van der Waals surface area contributed by atoms with Gasteiger partial charge in [0.25, 0.3) is 0 Å². The largest absolute Gasteiger partial charge is 0.496 e. The number of aromatic nitrogens is 3. The molecule has 1 atom stereocenters. The molecule has 0 fully saturated rings. The third kappa shape index (κ3) is 3.66. The molecule has 3 aromatic rings. The van der Waals surface area contributed by atoms with Gasteiger partial charge in [0, 0.05) is 22.4 Å². The third-order valence-electron chi connectivity index (χ3n) is 4.36. The van der Waals surface area contributed by atoms with Gasteiger partial charge in [-0.1, -0.05) is 16.8 Å². The summed E-state index contributed by atoms with van der Waals surface area (Å²) in [6, 6.07) is 10.3. The smallest absolute Gasteiger partial charge is 0.230 e. The molecule has 1 aliphatic rings. The number of rotatable bonds is 4. The zero-order valence-electron chi connectivity index (χ0n) is 14.7. The van der Waals surface area contributed by atoms with Crippen molar-refractivity contribution in [1.82, 2.24) is 15.0 Å². The van der Waals surface area contributed by atoms with Gasteiger partial charge in [0.2, 0.25) is 5.95 Å². The Morgan fingerprint density at radius 3 is 2.93 bits per heavy atom. The molecular weight excluding hydrogens is 365 g/mol. The van der Waals surface area contributed by atoms with E-state index < -0.39 is 10.7 Å². The standard InChI is InChI=1S/C19H18FN5OS/c1-26-16-9-13(20)5-7-15(16)18-22-11-23-19(25-18)24-14-6-4-12-3-2-8-27(21)17(12)10-14/h4-7,9-11,21H,2-3,8H2,1H3,(H,22,23,24,25). The predicted molar refractivity (Wildman–Crippen MR) is 103 cm³/mol. The summed E-state index contributed by atoms with van der Waals surface area (Å²) in [5.74, 6) is 1.66. The Morgan fingerprint density at radius 1 is 1.19 bits per heavy atom. The first kappa shape index (κ1) is 17.5. The van der Waals surface area contributed by atoms with Crippen molar-refractivity contribution >= 4 is 22.3 Å². The number of halogens is 1. The third-order valence-corrected chi connectivity index (χ3v) is 5.97. The zero-order chi connectivity index (χ0) is 18.8. The molecule has 0 radical (unpaired) electrons. The maximum absolute atomic E-state index is 13.4. The van der Waals surface area contributed by atoms with Crippen LogP contribution in [0, 0.1) is 10.6 Å². The van der Waals surface area contributed by atoms with Gasteiger partial charge in [-0.15, -0.1) is 0 Å². The molecule has 0 saturated carbocycles. The zero-order valence-corrected chi connectivity index (χ0v) is 15.5. The Labute approximate surface area is 158 Å². The molecule has 1 aromatic heterocycles. The minimum absolute atomic E-state index is 0.360. The SMILES string of the molecule is COc1cc(F)ccc1-c1ncnc(Nc2ccc3c(c2)S(=N)CCC3)n1. The van der Waals surface area contributed by atoms with Gasteiger partial charge in [-0.05, 0) is 42.7 Å². The van der Waals surface area contributed by atoms with Crippen LogP contribution in [0.15, 0.2) is 47.6 Å². The summed E-state index contributed by atoms with van der Waals surface area (Å²) in [6.45, 7) is 0. The maximum atomic E-state index is 13.4. The normalized spacial score (nSPS) is 15.9. The van der Waals surface area contributed by atoms with Crippen LogP contribution in [0.4, 0.5) is 16.0 Å². The summed E-state index contributed by atoms with van der Waals surface area (Å²) in [7, 11) is 1.01. The Hall–Kier alpha value is -2.87. The van der Waals surface area contributed by atoms with E-state index in [1.807, 2.05) is 12.1 Å². The van der Waals surface area contributed by atoms with E-state index in [-0.39, 0.29) is 5.82 Å². The average molecular weight is 383 g/mol. The molecule has 0 saturated heterocycles. The second kappa shape index (κ2) is 7.40. The lowest BCUT2D eigenvalue weighted by atomic mass is 10.1. The van der Waals surface area contributed by atoms with Gasteiger partial charge in [-0.3, -0.25) is 4.78 Å². The molecule has 27 heavy (non-hydrogen) atoms. The van der Waals surface area contributed by atoms with E-state index in [0.717, 1.165) is 29.2 Å². The lowest BCUT2D eigenvalue weighted by molar-refractivity contribution is 0.412. The molecule has 0 amide bonds. The van der Waals surface area contributed by atoms with Crippen molar-refractivity contribution in [3.8, 4) is 17.1 Å². The van der Waals surface area contributed by atoms with Crippen molar-refractivity contribution in [3.05, 3.63) is 54.1 Å². The number of ether oxygens (including phenoxy) is 1. The molecule has 8 heteroatoms. The Bertz CT molecular complexity index is 1030. The van der Waals surface area contributed by atoms with Crippen LogP contribution >= 0.6 is 0 Å². The van der Waals surface area contributed by atoms with Gasteiger partial charge in [-0.2, -0.15) is 4.98 Å². The minimum atomic E-state index is -0.469. The van der Waals surface area contributed by atoms with Crippen molar-refractivity contribution in [2.45, 2.75) is 17.7 Å². The van der Waals surface area contributed by atoms with Crippen LogP contribution < -0.4 is 10.1 Å². The van der Waals surface area contributed by atoms with E-state index >= 15 is 0 Å². The number of methoxy groups -OCH3 is 1. The molecule has 2 N–H and O–H groups in total. The lowest BCUT2D eigenvalue weighted by Crippen LogP contribution is -2.09. The lowest BCUT2D eigenvalue weighted by Gasteiger charge is -2.18. The van der Waals surface area contributed by atoms with Crippen LogP contribution in [0.3, 0.4) is 0 Å². The summed E-state index contributed by atoms with van der Waals surface area (Å²) in [4.78, 5) is 13.9. The number of nitrogens with one attached hydrogen (secondary N) is 2. The quantitative estimate of drug-likeness (QED) is 0.708. The van der Waals surface area contributed by atoms with Crippen LogP contribution in [-0.4, -0.2) is 27.8 Å². The number of hydrogen-bond donors (Lipinski definition) is 2. The van der Waals surface area contributed by atoms with E-state index in [4.69, 9.17) is 9.52 Å². The molecule has 1 unspecified atom stereocenters. The van der Waals surface area contributed by atoms with Gasteiger partial charge in [0.05, 0.1) is 12.7 Å². The van der Waals surface area contributed by atoms with Crippen LogP contribution in [0.2, 0.25) is 0 Å². The molecule has 4 rings (SSSR count). The van der Waals surface area contributed by atoms with E-state index in [1.165, 1.54) is 31.1 Å². The fourth-order valence-corrected chi connectivity index (χ4v) is 4.46. The van der Waals surface area contributed by atoms with Gasteiger partial charge in [-0.25, -0.2) is 14.4 Å².